The minimum Gasteiger partial charge on any atom is -0.493 e. The molecule has 1 atom stereocenters. The van der Waals surface area contributed by atoms with Crippen molar-refractivity contribution in [3.05, 3.63) is 70.6 Å². The summed E-state index contributed by atoms with van der Waals surface area (Å²) in [7, 11) is 0. The van der Waals surface area contributed by atoms with E-state index < -0.39 is 0 Å². The van der Waals surface area contributed by atoms with Gasteiger partial charge in [-0.1, -0.05) is 19.1 Å². The molecule has 0 saturated heterocycles. The van der Waals surface area contributed by atoms with Gasteiger partial charge < -0.3 is 52.4 Å². The minimum atomic E-state index is -0.285. The van der Waals surface area contributed by atoms with Crippen LogP contribution in [0.25, 0.3) is 27.3 Å². The highest BCUT2D eigenvalue weighted by Gasteiger charge is 2.31. The molecule has 4 aromatic rings. The first-order chi connectivity index (χ1) is 24.9. The lowest BCUT2D eigenvalue weighted by Crippen LogP contribution is -2.25. The molecule has 276 valence electrons. The van der Waals surface area contributed by atoms with Crippen molar-refractivity contribution in [2.24, 2.45) is 28.7 Å². The molecule has 0 saturated carbocycles. The molecule has 0 fully saturated rings. The molecule has 0 radical (unpaired) electrons. The Balaban J connectivity index is 1.51. The van der Waals surface area contributed by atoms with Gasteiger partial charge in [0.05, 0.1) is 33.0 Å². The molecule has 0 amide bonds. The number of fused-ring (bicyclic) bond motifs is 3. The van der Waals surface area contributed by atoms with Crippen LogP contribution in [0.1, 0.15) is 55.0 Å². The first kappa shape index (κ1) is 38.4. The summed E-state index contributed by atoms with van der Waals surface area (Å²) in [6.07, 6.45) is 9.12. The molecule has 5 rings (SSSR count). The predicted octanol–water partition coefficient (Wildman–Crippen LogP) is 5.73. The molecule has 11 heteroatoms. The molecule has 1 aliphatic rings. The van der Waals surface area contributed by atoms with Crippen LogP contribution in [0, 0.1) is 0 Å². The fourth-order valence-electron chi connectivity index (χ4n) is 6.05. The smallest absolute Gasteiger partial charge is 0.203 e. The van der Waals surface area contributed by atoms with Gasteiger partial charge in [0.1, 0.15) is 11.5 Å². The van der Waals surface area contributed by atoms with E-state index in [-0.39, 0.29) is 5.41 Å². The lowest BCUT2D eigenvalue weighted by atomic mass is 9.74. The number of benzene rings is 3. The fraction of sp³-hybridized carbons (Fsp3) is 0.450. The number of hydrogen-bond donors (Lipinski definition) is 5. The molecule has 0 aliphatic heterocycles. The van der Waals surface area contributed by atoms with Crippen molar-refractivity contribution in [2.45, 2.75) is 50.9 Å². The molecule has 1 aliphatic carbocycles. The molecule has 0 spiro atoms. The molecule has 51 heavy (non-hydrogen) atoms. The van der Waals surface area contributed by atoms with E-state index in [9.17, 15) is 0 Å². The van der Waals surface area contributed by atoms with Gasteiger partial charge in [0.2, 0.25) is 5.75 Å². The Morgan fingerprint density at radius 2 is 1.14 bits per heavy atom. The van der Waals surface area contributed by atoms with Gasteiger partial charge in [0, 0.05) is 21.1 Å². The van der Waals surface area contributed by atoms with Crippen LogP contribution in [-0.4, -0.2) is 65.8 Å². The average molecular weight is 718 g/mol. The van der Waals surface area contributed by atoms with Crippen LogP contribution in [0.2, 0.25) is 0 Å². The maximum absolute atomic E-state index is 6.26. The minimum absolute atomic E-state index is 0.285. The second kappa shape index (κ2) is 19.1. The number of hydrogen-bond acceptors (Lipinski definition) is 11. The Morgan fingerprint density at radius 1 is 0.608 bits per heavy atom. The molecule has 1 unspecified atom stereocenters. The lowest BCUT2D eigenvalue weighted by molar-refractivity contribution is 0.240. The van der Waals surface area contributed by atoms with Crippen LogP contribution in [0.4, 0.5) is 0 Å². The summed E-state index contributed by atoms with van der Waals surface area (Å²) in [4.78, 5) is 1.27. The van der Waals surface area contributed by atoms with Crippen LogP contribution >= 0.6 is 11.3 Å². The van der Waals surface area contributed by atoms with Gasteiger partial charge in [-0.25, -0.2) is 0 Å². The van der Waals surface area contributed by atoms with Gasteiger partial charge in [0.15, 0.2) is 11.5 Å². The summed E-state index contributed by atoms with van der Waals surface area (Å²) < 4.78 is 32.2. The number of nitrogens with two attached hydrogens (primary N) is 5. The first-order valence-corrected chi connectivity index (χ1v) is 19.0. The quantitative estimate of drug-likeness (QED) is 0.0631. The SMILES string of the molecule is CC1(c2cc(OCCCN)cc(OCCCN)c2)C=Cc2sc3ccc(-c4cc(OCCCN)c(OCCCN)c(OCCCN)c4)cc3c2C1. The normalized spacial score (nSPS) is 15.2. The van der Waals surface area contributed by atoms with E-state index in [2.05, 4.69) is 49.4 Å². The topological polar surface area (TPSA) is 176 Å². The standard InChI is InChI=1S/C40H55N5O5S/c1-40(30-24-31(46-16-2-11-41)26-32(25-30)47-17-3-12-42)10-9-38-34(27-40)33-21-28(7-8-37(33)51-38)29-22-35(48-18-4-13-43)39(50-20-6-15-45)36(23-29)49-19-5-14-44/h7-10,21-26H,2-6,11-20,27,41-45H2,1H3. The van der Waals surface area contributed by atoms with E-state index in [1.54, 1.807) is 0 Å². The Hall–Kier alpha value is -3.84. The summed E-state index contributed by atoms with van der Waals surface area (Å²) in [5, 5.41) is 1.23. The van der Waals surface area contributed by atoms with E-state index >= 15 is 0 Å². The zero-order valence-electron chi connectivity index (χ0n) is 29.9. The van der Waals surface area contributed by atoms with E-state index in [1.807, 2.05) is 29.5 Å². The van der Waals surface area contributed by atoms with Gasteiger partial charge in [-0.15, -0.1) is 11.3 Å². The summed E-state index contributed by atoms with van der Waals surface area (Å²) in [6.45, 7) is 7.53. The van der Waals surface area contributed by atoms with Gasteiger partial charge in [0.25, 0.3) is 0 Å². The van der Waals surface area contributed by atoms with E-state index in [1.165, 1.54) is 20.5 Å². The highest BCUT2D eigenvalue weighted by molar-refractivity contribution is 7.20. The number of allylic oxidation sites excluding steroid dienone is 1. The zero-order valence-corrected chi connectivity index (χ0v) is 30.7. The maximum Gasteiger partial charge on any atom is 0.203 e. The number of rotatable bonds is 22. The third kappa shape index (κ3) is 9.94. The number of thiophene rings is 1. The van der Waals surface area contributed by atoms with E-state index in [0.717, 1.165) is 60.3 Å². The van der Waals surface area contributed by atoms with E-state index in [4.69, 9.17) is 52.4 Å². The molecule has 3 aromatic carbocycles. The van der Waals surface area contributed by atoms with Crippen molar-refractivity contribution < 1.29 is 23.7 Å². The van der Waals surface area contributed by atoms with Gasteiger partial charge in [-0.05, 0) is 141 Å². The number of ether oxygens (including phenoxy) is 5. The van der Waals surface area contributed by atoms with E-state index in [0.29, 0.717) is 89.4 Å². The van der Waals surface area contributed by atoms with Crippen LogP contribution in [0.5, 0.6) is 28.7 Å². The lowest BCUT2D eigenvalue weighted by Gasteiger charge is -2.31. The molecule has 1 aromatic heterocycles. The Kier molecular flexibility index (Phi) is 14.4. The summed E-state index contributed by atoms with van der Waals surface area (Å²) in [6, 6.07) is 17.0. The maximum atomic E-state index is 6.26. The molecule has 10 N–H and O–H groups in total. The Morgan fingerprint density at radius 3 is 1.69 bits per heavy atom. The third-order valence-electron chi connectivity index (χ3n) is 8.90. The van der Waals surface area contributed by atoms with Crippen molar-refractivity contribution in [1.29, 1.82) is 0 Å². The zero-order chi connectivity index (χ0) is 36.1. The molecule has 10 nitrogen and oxygen atoms in total. The Bertz CT molecular complexity index is 1680. The highest BCUT2D eigenvalue weighted by atomic mass is 32.1. The average Bonchev–Trinajstić information content (AvgIpc) is 3.49. The summed E-state index contributed by atoms with van der Waals surface area (Å²) in [5.41, 5.74) is 33.0. The van der Waals surface area contributed by atoms with Gasteiger partial charge >= 0.3 is 0 Å². The third-order valence-corrected chi connectivity index (χ3v) is 10.1. The highest BCUT2D eigenvalue weighted by Crippen LogP contribution is 2.47. The van der Waals surface area contributed by atoms with Crippen LogP contribution in [-0.2, 0) is 11.8 Å². The van der Waals surface area contributed by atoms with Gasteiger partial charge in [-0.3, -0.25) is 0 Å². The molecule has 1 heterocycles. The molecular formula is C40H55N5O5S. The van der Waals surface area contributed by atoms with Crippen molar-refractivity contribution in [3.63, 3.8) is 0 Å². The molecular weight excluding hydrogens is 663 g/mol. The van der Waals surface area contributed by atoms with Gasteiger partial charge in [-0.2, -0.15) is 0 Å². The van der Waals surface area contributed by atoms with Crippen LogP contribution in [0.15, 0.2) is 54.6 Å². The predicted molar refractivity (Wildman–Crippen MR) is 210 cm³/mol. The summed E-state index contributed by atoms with van der Waals surface area (Å²) in [5.74, 6) is 3.40. The van der Waals surface area contributed by atoms with Crippen molar-refractivity contribution >= 4 is 27.5 Å². The fourth-order valence-corrected chi connectivity index (χ4v) is 7.16. The van der Waals surface area contributed by atoms with Crippen molar-refractivity contribution in [3.8, 4) is 39.9 Å². The first-order valence-electron chi connectivity index (χ1n) is 18.2. The van der Waals surface area contributed by atoms with Crippen LogP contribution < -0.4 is 52.4 Å². The Labute approximate surface area is 306 Å². The van der Waals surface area contributed by atoms with Crippen molar-refractivity contribution in [2.75, 3.05) is 65.8 Å². The second-order valence-corrected chi connectivity index (χ2v) is 14.1. The van der Waals surface area contributed by atoms with Crippen molar-refractivity contribution in [1.82, 2.24) is 0 Å². The monoisotopic (exact) mass is 717 g/mol. The second-order valence-electron chi connectivity index (χ2n) is 13.0. The summed E-state index contributed by atoms with van der Waals surface area (Å²) >= 11 is 1.82. The largest absolute Gasteiger partial charge is 0.493 e. The molecule has 0 bridgehead atoms. The van der Waals surface area contributed by atoms with Crippen LogP contribution in [0.3, 0.4) is 0 Å².